The number of rotatable bonds is 2. The van der Waals surface area contributed by atoms with Gasteiger partial charge in [-0.1, -0.05) is 13.2 Å². The summed E-state index contributed by atoms with van der Waals surface area (Å²) >= 11 is 0. The maximum absolute atomic E-state index is 9.25. The van der Waals surface area contributed by atoms with E-state index in [9.17, 15) is 9.59 Å². The van der Waals surface area contributed by atoms with E-state index in [1.165, 1.54) is 0 Å². The van der Waals surface area contributed by atoms with Crippen molar-refractivity contribution < 1.29 is 19.8 Å². The zero-order valence-electron chi connectivity index (χ0n) is 6.04. The molecule has 2 N–H and O–H groups in total. The van der Waals surface area contributed by atoms with E-state index >= 15 is 0 Å². The Hall–Kier alpha value is -1.00. The predicted molar refractivity (Wildman–Crippen MR) is 47.4 cm³/mol. The first-order valence-electron chi connectivity index (χ1n) is 2.39. The molecule has 0 bridgehead atoms. The molecule has 12 heavy (non-hydrogen) atoms. The maximum atomic E-state index is 9.25. The SMILES string of the molecule is C=CC(=O)O.C=CC(=O)O.ClCl. The molecule has 6 heteroatoms. The summed E-state index contributed by atoms with van der Waals surface area (Å²) in [6.45, 7) is 5.92. The molecule has 0 aliphatic carbocycles. The third-order valence-corrected chi connectivity index (χ3v) is 0.349. The molecule has 0 saturated heterocycles. The van der Waals surface area contributed by atoms with E-state index in [2.05, 4.69) is 34.9 Å². The van der Waals surface area contributed by atoms with E-state index in [1.54, 1.807) is 0 Å². The average molecular weight is 215 g/mol. The summed E-state index contributed by atoms with van der Waals surface area (Å²) < 4.78 is 0. The lowest BCUT2D eigenvalue weighted by atomic mass is 10.7. The van der Waals surface area contributed by atoms with Crippen LogP contribution in [0.5, 0.6) is 0 Å². The van der Waals surface area contributed by atoms with Crippen molar-refractivity contribution in [1.82, 2.24) is 0 Å². The zero-order valence-corrected chi connectivity index (χ0v) is 7.55. The summed E-state index contributed by atoms with van der Waals surface area (Å²) in [4.78, 5) is 18.5. The van der Waals surface area contributed by atoms with Gasteiger partial charge in [0.05, 0.1) is 0 Å². The highest BCUT2D eigenvalue weighted by Gasteiger charge is 1.73. The minimum atomic E-state index is -0.981. The Morgan fingerprint density at radius 2 is 1.08 bits per heavy atom. The van der Waals surface area contributed by atoms with Crippen LogP contribution in [0.15, 0.2) is 25.3 Å². The molecule has 0 radical (unpaired) electrons. The van der Waals surface area contributed by atoms with Gasteiger partial charge < -0.3 is 10.2 Å². The number of aliphatic carboxylic acids is 2. The van der Waals surface area contributed by atoms with Crippen LogP contribution in [0.3, 0.4) is 0 Å². The van der Waals surface area contributed by atoms with Crippen LogP contribution in [0, 0.1) is 0 Å². The number of carboxylic acids is 2. The topological polar surface area (TPSA) is 74.6 Å². The molecule has 0 fully saturated rings. The molecule has 0 atom stereocenters. The van der Waals surface area contributed by atoms with Crippen molar-refractivity contribution in [2.24, 2.45) is 0 Å². The highest BCUT2D eigenvalue weighted by atomic mass is 36.5. The lowest BCUT2D eigenvalue weighted by molar-refractivity contribution is -0.132. The van der Waals surface area contributed by atoms with E-state index in [0.29, 0.717) is 0 Å². The Bertz CT molecular complexity index is 138. The van der Waals surface area contributed by atoms with E-state index in [-0.39, 0.29) is 0 Å². The van der Waals surface area contributed by atoms with Crippen molar-refractivity contribution in [2.75, 3.05) is 0 Å². The normalized spacial score (nSPS) is 5.83. The average Bonchev–Trinajstić information content (AvgIpc) is 2.09. The fourth-order valence-corrected chi connectivity index (χ4v) is 0. The second-order valence-electron chi connectivity index (χ2n) is 1.08. The van der Waals surface area contributed by atoms with Gasteiger partial charge in [0.2, 0.25) is 0 Å². The van der Waals surface area contributed by atoms with Crippen LogP contribution in [0.1, 0.15) is 0 Å². The van der Waals surface area contributed by atoms with Crippen molar-refractivity contribution in [3.8, 4) is 0 Å². The van der Waals surface area contributed by atoms with Gasteiger partial charge in [0.25, 0.3) is 0 Å². The van der Waals surface area contributed by atoms with Crippen molar-refractivity contribution >= 4 is 33.6 Å². The summed E-state index contributed by atoms with van der Waals surface area (Å²) in [7, 11) is 8.22. The molecule has 0 aromatic rings. The van der Waals surface area contributed by atoms with Crippen LogP contribution in [0.25, 0.3) is 0 Å². The van der Waals surface area contributed by atoms with E-state index in [4.69, 9.17) is 10.2 Å². The lowest BCUT2D eigenvalue weighted by Gasteiger charge is -1.64. The van der Waals surface area contributed by atoms with Crippen LogP contribution in [-0.4, -0.2) is 22.2 Å². The number of halogens is 2. The second-order valence-corrected chi connectivity index (χ2v) is 1.08. The molecule has 70 valence electrons. The molecular weight excluding hydrogens is 207 g/mol. The van der Waals surface area contributed by atoms with Crippen LogP contribution >= 0.6 is 21.7 Å². The summed E-state index contributed by atoms with van der Waals surface area (Å²) in [5, 5.41) is 15.2. The highest BCUT2D eigenvalue weighted by Crippen LogP contribution is 1.69. The first-order valence-corrected chi connectivity index (χ1v) is 3.54. The highest BCUT2D eigenvalue weighted by molar-refractivity contribution is 6.85. The standard InChI is InChI=1S/2C3H4O2.Cl2/c2*1-2-3(4)5;1-2/h2*2H,1H2,(H,4,5);. The number of carbonyl (C=O) groups is 2. The van der Waals surface area contributed by atoms with E-state index in [0.717, 1.165) is 12.2 Å². The Morgan fingerprint density at radius 3 is 1.08 bits per heavy atom. The van der Waals surface area contributed by atoms with Gasteiger partial charge >= 0.3 is 11.9 Å². The zero-order chi connectivity index (χ0) is 10.6. The van der Waals surface area contributed by atoms with Gasteiger partial charge in [0, 0.05) is 33.9 Å². The molecule has 4 nitrogen and oxygen atoms in total. The van der Waals surface area contributed by atoms with Crippen molar-refractivity contribution in [1.29, 1.82) is 0 Å². The second kappa shape index (κ2) is 16.5. The van der Waals surface area contributed by atoms with Gasteiger partial charge in [-0.3, -0.25) is 0 Å². The molecule has 0 aromatic heterocycles. The summed E-state index contributed by atoms with van der Waals surface area (Å²) in [5.74, 6) is -1.96. The van der Waals surface area contributed by atoms with Gasteiger partial charge in [0.1, 0.15) is 0 Å². The fraction of sp³-hybridized carbons (Fsp3) is 0. The van der Waals surface area contributed by atoms with Crippen molar-refractivity contribution in [2.45, 2.75) is 0 Å². The minimum Gasteiger partial charge on any atom is -0.478 e. The van der Waals surface area contributed by atoms with Crippen molar-refractivity contribution in [3.63, 3.8) is 0 Å². The van der Waals surface area contributed by atoms with Crippen LogP contribution in [-0.2, 0) is 9.59 Å². The van der Waals surface area contributed by atoms with E-state index in [1.807, 2.05) is 0 Å². The predicted octanol–water partition coefficient (Wildman–Crippen LogP) is 1.89. The molecule has 0 aliphatic heterocycles. The molecule has 0 spiro atoms. The molecule has 0 heterocycles. The monoisotopic (exact) mass is 214 g/mol. The van der Waals surface area contributed by atoms with Gasteiger partial charge in [-0.15, -0.1) is 0 Å². The van der Waals surface area contributed by atoms with Gasteiger partial charge in [-0.2, -0.15) is 0 Å². The molecule has 0 saturated carbocycles. The van der Waals surface area contributed by atoms with Gasteiger partial charge in [-0.05, 0) is 0 Å². The smallest absolute Gasteiger partial charge is 0.327 e. The lowest BCUT2D eigenvalue weighted by Crippen LogP contribution is -1.82. The maximum Gasteiger partial charge on any atom is 0.327 e. The first kappa shape index (κ1) is 17.2. The summed E-state index contributed by atoms with van der Waals surface area (Å²) in [6.07, 6.45) is 1.67. The summed E-state index contributed by atoms with van der Waals surface area (Å²) in [5.41, 5.74) is 0. The molecular formula is C6H8Cl2O4. The molecule has 0 aliphatic rings. The van der Waals surface area contributed by atoms with Gasteiger partial charge in [-0.25, -0.2) is 9.59 Å². The van der Waals surface area contributed by atoms with Crippen LogP contribution < -0.4 is 0 Å². The van der Waals surface area contributed by atoms with Crippen LogP contribution in [0.2, 0.25) is 0 Å². The van der Waals surface area contributed by atoms with E-state index < -0.39 is 11.9 Å². The first-order chi connectivity index (χ1) is 5.54. The largest absolute Gasteiger partial charge is 0.478 e. The summed E-state index contributed by atoms with van der Waals surface area (Å²) in [6, 6.07) is 0. The third kappa shape index (κ3) is 64.0. The fourth-order valence-electron chi connectivity index (χ4n) is 0. The number of hydrogen-bond acceptors (Lipinski definition) is 2. The Morgan fingerprint density at radius 1 is 1.00 bits per heavy atom. The quantitative estimate of drug-likeness (QED) is 0.689. The molecule has 0 aromatic carbocycles. The molecule has 0 rings (SSSR count). The van der Waals surface area contributed by atoms with Crippen molar-refractivity contribution in [3.05, 3.63) is 25.3 Å². The number of hydrogen-bond donors (Lipinski definition) is 2. The Balaban J connectivity index is -0.000000112. The number of carboxylic acid groups (broad SMARTS) is 2. The molecule has 0 amide bonds. The van der Waals surface area contributed by atoms with Gasteiger partial charge in [0.15, 0.2) is 0 Å². The minimum absolute atomic E-state index is 0.833. The Labute approximate surface area is 79.3 Å². The Kier molecular flexibility index (Phi) is 23.7. The third-order valence-electron chi connectivity index (χ3n) is 0.349. The van der Waals surface area contributed by atoms with Crippen LogP contribution in [0.4, 0.5) is 0 Å². The molecule has 0 unspecified atom stereocenters.